The largest absolute Gasteiger partial charge is 0.486 e. The van der Waals surface area contributed by atoms with E-state index < -0.39 is 0 Å². The fraction of sp³-hybridized carbons (Fsp3) is 0.579. The molecule has 0 saturated carbocycles. The zero-order valence-corrected chi connectivity index (χ0v) is 13.8. The van der Waals surface area contributed by atoms with Gasteiger partial charge in [-0.05, 0) is 50.0 Å². The summed E-state index contributed by atoms with van der Waals surface area (Å²) in [7, 11) is 0. The minimum atomic E-state index is 0.625. The van der Waals surface area contributed by atoms with Crippen molar-refractivity contribution in [2.24, 2.45) is 0 Å². The van der Waals surface area contributed by atoms with Crippen molar-refractivity contribution >= 4 is 6.08 Å². The highest BCUT2D eigenvalue weighted by atomic mass is 16.6. The first kappa shape index (κ1) is 16.3. The molecule has 2 aliphatic heterocycles. The molecule has 1 aromatic rings. The average Bonchev–Trinajstić information content (AvgIpc) is 2.61. The quantitative estimate of drug-likeness (QED) is 0.722. The Morgan fingerprint density at radius 2 is 1.87 bits per heavy atom. The summed E-state index contributed by atoms with van der Waals surface area (Å²) in [5.74, 6) is 1.67. The van der Waals surface area contributed by atoms with Crippen LogP contribution in [0.4, 0.5) is 0 Å². The summed E-state index contributed by atoms with van der Waals surface area (Å²) in [4.78, 5) is 2.55. The Labute approximate surface area is 139 Å². The van der Waals surface area contributed by atoms with Gasteiger partial charge in [0.1, 0.15) is 13.2 Å². The predicted octanol–water partition coefficient (Wildman–Crippen LogP) is 3.36. The third-order valence-corrected chi connectivity index (χ3v) is 4.30. The molecule has 1 saturated heterocycles. The van der Waals surface area contributed by atoms with Gasteiger partial charge in [0.2, 0.25) is 0 Å². The molecule has 4 heteroatoms. The molecule has 2 aliphatic rings. The molecule has 4 nitrogen and oxygen atoms in total. The van der Waals surface area contributed by atoms with E-state index in [9.17, 15) is 0 Å². The van der Waals surface area contributed by atoms with E-state index in [0.29, 0.717) is 19.8 Å². The summed E-state index contributed by atoms with van der Waals surface area (Å²) < 4.78 is 16.8. The van der Waals surface area contributed by atoms with E-state index >= 15 is 0 Å². The molecule has 0 bridgehead atoms. The van der Waals surface area contributed by atoms with Crippen LogP contribution in [-0.4, -0.2) is 51.0 Å². The molecular formula is C19H27NO3. The second-order valence-electron chi connectivity index (χ2n) is 6.14. The third-order valence-electron chi connectivity index (χ3n) is 4.30. The van der Waals surface area contributed by atoms with Gasteiger partial charge in [-0.3, -0.25) is 0 Å². The number of hydrogen-bond acceptors (Lipinski definition) is 4. The Kier molecular flexibility index (Phi) is 6.35. The first-order valence-corrected chi connectivity index (χ1v) is 8.78. The second-order valence-corrected chi connectivity index (χ2v) is 6.14. The highest BCUT2D eigenvalue weighted by Gasteiger charge is 2.10. The van der Waals surface area contributed by atoms with E-state index in [4.69, 9.17) is 14.2 Å². The number of rotatable bonds is 7. The van der Waals surface area contributed by atoms with E-state index in [0.717, 1.165) is 30.1 Å². The van der Waals surface area contributed by atoms with Gasteiger partial charge in [0, 0.05) is 13.2 Å². The van der Waals surface area contributed by atoms with Crippen molar-refractivity contribution in [3.8, 4) is 11.5 Å². The SMILES string of the molecule is C(=C\c1ccc2c(c1)OCCO2)/COCCCN1CCCCC1. The van der Waals surface area contributed by atoms with Crippen molar-refractivity contribution in [3.63, 3.8) is 0 Å². The van der Waals surface area contributed by atoms with Crippen LogP contribution in [0.5, 0.6) is 11.5 Å². The van der Waals surface area contributed by atoms with Gasteiger partial charge in [-0.25, -0.2) is 0 Å². The maximum absolute atomic E-state index is 5.69. The lowest BCUT2D eigenvalue weighted by molar-refractivity contribution is 0.138. The molecule has 0 atom stereocenters. The predicted molar refractivity (Wildman–Crippen MR) is 92.2 cm³/mol. The van der Waals surface area contributed by atoms with Crippen LogP contribution >= 0.6 is 0 Å². The maximum atomic E-state index is 5.69. The summed E-state index contributed by atoms with van der Waals surface area (Å²) in [6, 6.07) is 6.02. The summed E-state index contributed by atoms with van der Waals surface area (Å²) in [5, 5.41) is 0. The molecule has 0 unspecified atom stereocenters. The maximum Gasteiger partial charge on any atom is 0.161 e. The molecule has 0 spiro atoms. The smallest absolute Gasteiger partial charge is 0.161 e. The van der Waals surface area contributed by atoms with Gasteiger partial charge in [-0.2, -0.15) is 0 Å². The van der Waals surface area contributed by atoms with E-state index in [-0.39, 0.29) is 0 Å². The molecule has 126 valence electrons. The molecular weight excluding hydrogens is 290 g/mol. The van der Waals surface area contributed by atoms with Crippen molar-refractivity contribution in [2.75, 3.05) is 46.1 Å². The van der Waals surface area contributed by atoms with Crippen molar-refractivity contribution in [1.29, 1.82) is 0 Å². The number of ether oxygens (including phenoxy) is 3. The molecule has 1 fully saturated rings. The fourth-order valence-electron chi connectivity index (χ4n) is 3.07. The van der Waals surface area contributed by atoms with Crippen LogP contribution in [0.3, 0.4) is 0 Å². The van der Waals surface area contributed by atoms with Gasteiger partial charge in [0.15, 0.2) is 11.5 Å². The average molecular weight is 317 g/mol. The minimum Gasteiger partial charge on any atom is -0.486 e. The van der Waals surface area contributed by atoms with Crippen LogP contribution < -0.4 is 9.47 Å². The van der Waals surface area contributed by atoms with E-state index in [2.05, 4.69) is 17.1 Å². The summed E-state index contributed by atoms with van der Waals surface area (Å²) in [6.07, 6.45) is 9.38. The number of hydrogen-bond donors (Lipinski definition) is 0. The van der Waals surface area contributed by atoms with Gasteiger partial charge in [0.25, 0.3) is 0 Å². The highest BCUT2D eigenvalue weighted by molar-refractivity contribution is 5.56. The Morgan fingerprint density at radius 1 is 1.04 bits per heavy atom. The molecule has 3 rings (SSSR count). The number of nitrogens with zero attached hydrogens (tertiary/aromatic N) is 1. The van der Waals surface area contributed by atoms with E-state index in [1.807, 2.05) is 18.2 Å². The standard InChI is InChI=1S/C19H27NO3/c1-2-9-20(10-3-1)11-5-13-21-12-4-6-17-7-8-18-19(16-17)23-15-14-22-18/h4,6-8,16H,1-3,5,9-15H2/b6-4+. The second kappa shape index (κ2) is 8.94. The fourth-order valence-corrected chi connectivity index (χ4v) is 3.07. The number of piperidine rings is 1. The van der Waals surface area contributed by atoms with Gasteiger partial charge in [-0.1, -0.05) is 24.6 Å². The summed E-state index contributed by atoms with van der Waals surface area (Å²) in [5.41, 5.74) is 1.12. The minimum absolute atomic E-state index is 0.625. The lowest BCUT2D eigenvalue weighted by Gasteiger charge is -2.26. The van der Waals surface area contributed by atoms with Crippen LogP contribution in [-0.2, 0) is 4.74 Å². The summed E-state index contributed by atoms with van der Waals surface area (Å²) in [6.45, 7) is 6.46. The van der Waals surface area contributed by atoms with Gasteiger partial charge in [-0.15, -0.1) is 0 Å². The van der Waals surface area contributed by atoms with Crippen LogP contribution in [0, 0.1) is 0 Å². The first-order chi connectivity index (χ1) is 11.4. The molecule has 0 radical (unpaired) electrons. The molecule has 1 aromatic carbocycles. The molecule has 0 aliphatic carbocycles. The van der Waals surface area contributed by atoms with Crippen LogP contribution in [0.1, 0.15) is 31.2 Å². The molecule has 0 N–H and O–H groups in total. The van der Waals surface area contributed by atoms with Crippen molar-refractivity contribution in [1.82, 2.24) is 4.90 Å². The van der Waals surface area contributed by atoms with Crippen LogP contribution in [0.15, 0.2) is 24.3 Å². The van der Waals surface area contributed by atoms with Gasteiger partial charge < -0.3 is 19.1 Å². The first-order valence-electron chi connectivity index (χ1n) is 8.78. The lowest BCUT2D eigenvalue weighted by Crippen LogP contribution is -2.31. The van der Waals surface area contributed by atoms with Crippen molar-refractivity contribution < 1.29 is 14.2 Å². The Morgan fingerprint density at radius 3 is 2.74 bits per heavy atom. The Bertz CT molecular complexity index is 509. The molecule has 0 amide bonds. The third kappa shape index (κ3) is 5.26. The molecule has 23 heavy (non-hydrogen) atoms. The number of benzene rings is 1. The zero-order valence-electron chi connectivity index (χ0n) is 13.8. The van der Waals surface area contributed by atoms with Crippen molar-refractivity contribution in [2.45, 2.75) is 25.7 Å². The van der Waals surface area contributed by atoms with Crippen molar-refractivity contribution in [3.05, 3.63) is 29.8 Å². The molecule has 2 heterocycles. The number of likely N-dealkylation sites (tertiary alicyclic amines) is 1. The van der Waals surface area contributed by atoms with Crippen LogP contribution in [0.2, 0.25) is 0 Å². The monoisotopic (exact) mass is 317 g/mol. The Hall–Kier alpha value is -1.52. The molecule has 0 aromatic heterocycles. The topological polar surface area (TPSA) is 30.9 Å². The summed E-state index contributed by atoms with van der Waals surface area (Å²) >= 11 is 0. The number of fused-ring (bicyclic) bond motifs is 1. The Balaban J connectivity index is 1.31. The van der Waals surface area contributed by atoms with E-state index in [1.54, 1.807) is 0 Å². The normalized spacial score (nSPS) is 18.4. The lowest BCUT2D eigenvalue weighted by atomic mass is 10.1. The van der Waals surface area contributed by atoms with Gasteiger partial charge in [0.05, 0.1) is 6.61 Å². The zero-order chi connectivity index (χ0) is 15.7. The highest BCUT2D eigenvalue weighted by Crippen LogP contribution is 2.31. The van der Waals surface area contributed by atoms with E-state index in [1.165, 1.54) is 38.9 Å². The van der Waals surface area contributed by atoms with Gasteiger partial charge >= 0.3 is 0 Å². The van der Waals surface area contributed by atoms with Crippen LogP contribution in [0.25, 0.3) is 6.08 Å².